The van der Waals surface area contributed by atoms with Crippen LogP contribution >= 0.6 is 0 Å². The zero-order chi connectivity index (χ0) is 18.7. The zero-order valence-corrected chi connectivity index (χ0v) is 15.7. The van der Waals surface area contributed by atoms with Crippen molar-refractivity contribution in [1.29, 1.82) is 0 Å². The first-order chi connectivity index (χ1) is 11.6. The van der Waals surface area contributed by atoms with Crippen molar-refractivity contribution < 1.29 is 26.9 Å². The van der Waals surface area contributed by atoms with Gasteiger partial charge < -0.3 is 14.4 Å². The van der Waals surface area contributed by atoms with Crippen LogP contribution in [0, 0.1) is 0 Å². The number of nitrogens with zero attached hydrogens (tertiary/aromatic N) is 2. The zero-order valence-electron chi connectivity index (χ0n) is 14.8. The summed E-state index contributed by atoms with van der Waals surface area (Å²) in [5, 5.41) is 0. The molecule has 9 heteroatoms. The molecule has 0 N–H and O–H groups in total. The van der Waals surface area contributed by atoms with Gasteiger partial charge in [-0.3, -0.25) is 9.17 Å². The quantitative estimate of drug-likeness (QED) is 0.743. The van der Waals surface area contributed by atoms with Crippen LogP contribution in [0.25, 0.3) is 0 Å². The highest BCUT2D eigenvalue weighted by molar-refractivity contribution is 7.86. The number of hydrogen-bond acceptors (Lipinski definition) is 7. The van der Waals surface area contributed by atoms with Crippen LogP contribution < -0.4 is 0 Å². The van der Waals surface area contributed by atoms with E-state index in [4.69, 9.17) is 13.7 Å². The third-order valence-electron chi connectivity index (χ3n) is 3.34. The summed E-state index contributed by atoms with van der Waals surface area (Å²) in [7, 11) is -3.74. The Morgan fingerprint density at radius 3 is 2.68 bits per heavy atom. The van der Waals surface area contributed by atoms with Crippen LogP contribution in [0.4, 0.5) is 4.79 Å². The normalized spacial score (nSPS) is 20.2. The molecule has 0 saturated carbocycles. The molecule has 8 nitrogen and oxygen atoms in total. The van der Waals surface area contributed by atoms with Gasteiger partial charge in [0.15, 0.2) is 0 Å². The van der Waals surface area contributed by atoms with Crippen molar-refractivity contribution in [1.82, 2.24) is 9.88 Å². The number of amides is 1. The lowest BCUT2D eigenvalue weighted by Crippen LogP contribution is -2.49. The summed E-state index contributed by atoms with van der Waals surface area (Å²) in [6, 6.07) is 5.11. The van der Waals surface area contributed by atoms with Gasteiger partial charge in [0.2, 0.25) is 0 Å². The van der Waals surface area contributed by atoms with Gasteiger partial charge in [0.05, 0.1) is 25.1 Å². The molecule has 1 saturated heterocycles. The van der Waals surface area contributed by atoms with E-state index in [0.717, 1.165) is 6.26 Å². The number of carbonyl (C=O) groups excluding carboxylic acids is 1. The van der Waals surface area contributed by atoms with Crippen molar-refractivity contribution in [2.45, 2.75) is 38.6 Å². The summed E-state index contributed by atoms with van der Waals surface area (Å²) in [6.07, 6.45) is 0.423. The van der Waals surface area contributed by atoms with Crippen molar-refractivity contribution >= 4 is 16.2 Å². The largest absolute Gasteiger partial charge is 0.444 e. The molecule has 1 aromatic rings. The molecule has 0 aliphatic carbocycles. The lowest BCUT2D eigenvalue weighted by molar-refractivity contribution is -0.0830. The van der Waals surface area contributed by atoms with Gasteiger partial charge in [0.25, 0.3) is 10.1 Å². The molecule has 2 atom stereocenters. The topological polar surface area (TPSA) is 95.0 Å². The standard InChI is InChI=1S/C16H24N2O6S/c1-16(2,3)23-15(19)18-9-10-22-13(11-18)14(24-25(4,20)21)12-7-5-6-8-17-12/h5-8,13-14H,9-11H2,1-4H3/t13-,14+/m0/s1. The molecule has 140 valence electrons. The van der Waals surface area contributed by atoms with E-state index in [0.29, 0.717) is 12.2 Å². The Morgan fingerprint density at radius 1 is 1.40 bits per heavy atom. The molecule has 0 spiro atoms. The van der Waals surface area contributed by atoms with E-state index in [1.807, 2.05) is 0 Å². The van der Waals surface area contributed by atoms with Gasteiger partial charge in [-0.2, -0.15) is 8.42 Å². The van der Waals surface area contributed by atoms with Crippen LogP contribution in [0.15, 0.2) is 24.4 Å². The fourth-order valence-electron chi connectivity index (χ4n) is 2.39. The Bertz CT molecular complexity index is 686. The molecule has 1 aliphatic heterocycles. The molecule has 1 amide bonds. The Hall–Kier alpha value is -1.71. The first kappa shape index (κ1) is 19.6. The first-order valence-corrected chi connectivity index (χ1v) is 9.75. The van der Waals surface area contributed by atoms with Gasteiger partial charge in [-0.15, -0.1) is 0 Å². The molecule has 1 aliphatic rings. The van der Waals surface area contributed by atoms with Crippen LogP contribution in [0.1, 0.15) is 32.6 Å². The van der Waals surface area contributed by atoms with Crippen LogP contribution in [0.5, 0.6) is 0 Å². The van der Waals surface area contributed by atoms with E-state index in [-0.39, 0.29) is 13.2 Å². The summed E-state index contributed by atoms with van der Waals surface area (Å²) in [6.45, 7) is 6.11. The monoisotopic (exact) mass is 372 g/mol. The van der Waals surface area contributed by atoms with E-state index in [1.165, 1.54) is 4.90 Å². The maximum atomic E-state index is 12.3. The molecule has 0 aromatic carbocycles. The van der Waals surface area contributed by atoms with E-state index in [9.17, 15) is 13.2 Å². The van der Waals surface area contributed by atoms with E-state index >= 15 is 0 Å². The van der Waals surface area contributed by atoms with Gasteiger partial charge in [0, 0.05) is 12.7 Å². The predicted molar refractivity (Wildman–Crippen MR) is 90.5 cm³/mol. The number of hydrogen-bond donors (Lipinski definition) is 0. The Kier molecular flexibility index (Phi) is 6.02. The summed E-state index contributed by atoms with van der Waals surface area (Å²) < 4.78 is 39.5. The van der Waals surface area contributed by atoms with Gasteiger partial charge in [-0.05, 0) is 32.9 Å². The molecule has 0 radical (unpaired) electrons. The Balaban J connectivity index is 2.18. The minimum Gasteiger partial charge on any atom is -0.444 e. The average molecular weight is 372 g/mol. The lowest BCUT2D eigenvalue weighted by Gasteiger charge is -2.36. The molecular weight excluding hydrogens is 348 g/mol. The number of pyridine rings is 1. The van der Waals surface area contributed by atoms with Gasteiger partial charge in [0.1, 0.15) is 17.8 Å². The summed E-state index contributed by atoms with van der Waals surface area (Å²) in [5.41, 5.74) is -0.196. The van der Waals surface area contributed by atoms with Crippen molar-refractivity contribution in [2.75, 3.05) is 26.0 Å². The van der Waals surface area contributed by atoms with Crippen molar-refractivity contribution in [3.63, 3.8) is 0 Å². The van der Waals surface area contributed by atoms with E-state index in [2.05, 4.69) is 4.98 Å². The number of ether oxygens (including phenoxy) is 2. The van der Waals surface area contributed by atoms with Gasteiger partial charge in [-0.1, -0.05) is 6.07 Å². The Labute approximate surface area is 148 Å². The van der Waals surface area contributed by atoms with Gasteiger partial charge >= 0.3 is 6.09 Å². The van der Waals surface area contributed by atoms with E-state index < -0.39 is 34.0 Å². The highest BCUT2D eigenvalue weighted by atomic mass is 32.2. The third-order valence-corrected chi connectivity index (χ3v) is 3.90. The summed E-state index contributed by atoms with van der Waals surface area (Å²) in [5.74, 6) is 0. The Morgan fingerprint density at radius 2 is 2.12 bits per heavy atom. The molecule has 2 rings (SSSR count). The van der Waals surface area contributed by atoms with E-state index in [1.54, 1.807) is 45.2 Å². The van der Waals surface area contributed by atoms with Crippen LogP contribution in [0.2, 0.25) is 0 Å². The fourth-order valence-corrected chi connectivity index (χ4v) is 2.98. The van der Waals surface area contributed by atoms with Crippen LogP contribution in [-0.4, -0.2) is 62.1 Å². The molecule has 0 bridgehead atoms. The summed E-state index contributed by atoms with van der Waals surface area (Å²) >= 11 is 0. The average Bonchev–Trinajstić information content (AvgIpc) is 2.51. The van der Waals surface area contributed by atoms with Crippen molar-refractivity contribution in [3.8, 4) is 0 Å². The molecule has 1 aromatic heterocycles. The second-order valence-corrected chi connectivity index (χ2v) is 8.41. The SMILES string of the molecule is CC(C)(C)OC(=O)N1CCO[C@H]([C@H](OS(C)(=O)=O)c2ccccn2)C1. The smallest absolute Gasteiger partial charge is 0.410 e. The van der Waals surface area contributed by atoms with Crippen LogP contribution in [0.3, 0.4) is 0 Å². The van der Waals surface area contributed by atoms with Crippen molar-refractivity contribution in [3.05, 3.63) is 30.1 Å². The molecule has 1 fully saturated rings. The second-order valence-electron chi connectivity index (χ2n) is 6.81. The van der Waals surface area contributed by atoms with Crippen molar-refractivity contribution in [2.24, 2.45) is 0 Å². The lowest BCUT2D eigenvalue weighted by atomic mass is 10.1. The minimum atomic E-state index is -3.74. The highest BCUT2D eigenvalue weighted by Gasteiger charge is 2.36. The number of morpholine rings is 1. The maximum Gasteiger partial charge on any atom is 0.410 e. The second kappa shape index (κ2) is 7.67. The maximum absolute atomic E-state index is 12.3. The first-order valence-electron chi connectivity index (χ1n) is 7.94. The molecule has 0 unspecified atom stereocenters. The number of aromatic nitrogens is 1. The van der Waals surface area contributed by atoms with Gasteiger partial charge in [-0.25, -0.2) is 4.79 Å². The third kappa shape index (κ3) is 6.26. The minimum absolute atomic E-state index is 0.145. The summed E-state index contributed by atoms with van der Waals surface area (Å²) in [4.78, 5) is 17.9. The highest BCUT2D eigenvalue weighted by Crippen LogP contribution is 2.27. The predicted octanol–water partition coefficient (Wildman–Crippen LogP) is 1.73. The molecule has 25 heavy (non-hydrogen) atoms. The fraction of sp³-hybridized carbons (Fsp3) is 0.625. The number of carbonyl (C=O) groups is 1. The van der Waals surface area contributed by atoms with Crippen LogP contribution in [-0.2, 0) is 23.8 Å². The molecule has 2 heterocycles. The molecular formula is C16H24N2O6S. The number of rotatable bonds is 4.